The van der Waals surface area contributed by atoms with Gasteiger partial charge in [-0.05, 0) is 25.1 Å². The lowest BCUT2D eigenvalue weighted by molar-refractivity contribution is -0.124. The Hall–Kier alpha value is -3.29. The van der Waals surface area contributed by atoms with Gasteiger partial charge < -0.3 is 0 Å². The van der Waals surface area contributed by atoms with E-state index in [4.69, 9.17) is 0 Å². The van der Waals surface area contributed by atoms with Crippen molar-refractivity contribution in [1.29, 1.82) is 0 Å². The predicted molar refractivity (Wildman–Crippen MR) is 80.3 cm³/mol. The molecule has 3 rings (SSSR count). The average Bonchev–Trinajstić information content (AvgIpc) is 2.79. The van der Waals surface area contributed by atoms with Gasteiger partial charge in [-0.25, -0.2) is 4.79 Å². The highest BCUT2D eigenvalue weighted by molar-refractivity contribution is 6.30. The first-order valence-electron chi connectivity index (χ1n) is 6.80. The van der Waals surface area contributed by atoms with Crippen molar-refractivity contribution in [3.8, 4) is 0 Å². The van der Waals surface area contributed by atoms with Gasteiger partial charge in [0.25, 0.3) is 17.7 Å². The number of anilines is 1. The number of amides is 5. The maximum atomic E-state index is 12.5. The van der Waals surface area contributed by atoms with Gasteiger partial charge in [0.2, 0.25) is 0 Å². The van der Waals surface area contributed by atoms with E-state index in [0.717, 1.165) is 0 Å². The lowest BCUT2D eigenvalue weighted by atomic mass is 9.99. The maximum absolute atomic E-state index is 12.5. The molecule has 1 saturated heterocycles. The monoisotopic (exact) mass is 312 g/mol. The summed E-state index contributed by atoms with van der Waals surface area (Å²) in [5, 5.41) is 9.33. The van der Waals surface area contributed by atoms with E-state index in [2.05, 4.69) is 5.10 Å². The third kappa shape index (κ3) is 2.61. The molecule has 2 aliphatic heterocycles. The molecule has 5 amide bonds. The molecule has 1 fully saturated rings. The Morgan fingerprint density at radius 2 is 1.65 bits per heavy atom. The summed E-state index contributed by atoms with van der Waals surface area (Å²) >= 11 is 0. The molecule has 0 aromatic heterocycles. The highest BCUT2D eigenvalue weighted by Crippen LogP contribution is 2.25. The Kier molecular flexibility index (Phi) is 3.49. The van der Waals surface area contributed by atoms with Gasteiger partial charge in [-0.2, -0.15) is 10.1 Å². The second-order valence-electron chi connectivity index (χ2n) is 5.02. The Morgan fingerprint density at radius 1 is 1.04 bits per heavy atom. The molecule has 1 aromatic carbocycles. The molecule has 8 heteroatoms. The Bertz CT molecular complexity index is 760. The van der Waals surface area contributed by atoms with Gasteiger partial charge in [-0.1, -0.05) is 18.2 Å². The Labute approximate surface area is 130 Å². The molecule has 0 radical (unpaired) electrons. The fourth-order valence-electron chi connectivity index (χ4n) is 2.32. The van der Waals surface area contributed by atoms with E-state index in [1.165, 1.54) is 11.1 Å². The van der Waals surface area contributed by atoms with E-state index in [1.54, 1.807) is 31.2 Å². The molecule has 0 spiro atoms. The summed E-state index contributed by atoms with van der Waals surface area (Å²) in [6, 6.07) is 7.92. The van der Waals surface area contributed by atoms with Crippen molar-refractivity contribution in [1.82, 2.24) is 10.6 Å². The van der Waals surface area contributed by atoms with Crippen LogP contribution in [0.2, 0.25) is 0 Å². The van der Waals surface area contributed by atoms with E-state index in [9.17, 15) is 19.2 Å². The second kappa shape index (κ2) is 5.48. The molecule has 23 heavy (non-hydrogen) atoms. The van der Waals surface area contributed by atoms with Crippen LogP contribution in [0.15, 0.2) is 47.1 Å². The molecule has 0 bridgehead atoms. The number of hydrogen-bond donors (Lipinski definition) is 2. The molecule has 2 heterocycles. The number of nitrogens with zero attached hydrogens (tertiary/aromatic N) is 2. The Morgan fingerprint density at radius 3 is 2.26 bits per heavy atom. The van der Waals surface area contributed by atoms with Gasteiger partial charge in [-0.15, -0.1) is 0 Å². The molecule has 116 valence electrons. The number of urea groups is 1. The van der Waals surface area contributed by atoms with Crippen molar-refractivity contribution in [2.24, 2.45) is 11.0 Å². The fourth-order valence-corrected chi connectivity index (χ4v) is 2.32. The number of imide groups is 2. The molecule has 2 aliphatic rings. The van der Waals surface area contributed by atoms with Crippen LogP contribution >= 0.6 is 0 Å². The SMILES string of the molecule is CC1=NN(c2ccccc2)C(=O)[C@H]1C=C1C(=O)NC(=O)NC1=O. The summed E-state index contributed by atoms with van der Waals surface area (Å²) in [6.07, 6.45) is 1.22. The zero-order chi connectivity index (χ0) is 16.6. The standard InChI is InChI=1S/C15H12N4O4/c1-8-10(7-11-12(20)16-15(23)17-13(11)21)14(22)19(18-8)9-5-3-2-4-6-9/h2-7,10H,1H3,(H2,16,17,20,21,23)/t10-/m0/s1. The third-order valence-electron chi connectivity index (χ3n) is 3.46. The molecule has 1 atom stereocenters. The fraction of sp³-hybridized carbons (Fsp3) is 0.133. The number of para-hydroxylation sites is 1. The number of benzene rings is 1. The first-order chi connectivity index (χ1) is 11.0. The molecule has 0 saturated carbocycles. The molecule has 2 N–H and O–H groups in total. The van der Waals surface area contributed by atoms with Crippen LogP contribution in [-0.2, 0) is 14.4 Å². The normalized spacial score (nSPS) is 21.1. The van der Waals surface area contributed by atoms with Gasteiger partial charge in [0.1, 0.15) is 5.57 Å². The lowest BCUT2D eigenvalue weighted by Crippen LogP contribution is -2.51. The van der Waals surface area contributed by atoms with Crippen LogP contribution in [0.4, 0.5) is 10.5 Å². The smallest absolute Gasteiger partial charge is 0.273 e. The molecule has 1 aromatic rings. The number of rotatable bonds is 2. The molecule has 0 aliphatic carbocycles. The Balaban J connectivity index is 1.90. The highest BCUT2D eigenvalue weighted by atomic mass is 16.2. The first-order valence-corrected chi connectivity index (χ1v) is 6.80. The van der Waals surface area contributed by atoms with E-state index >= 15 is 0 Å². The van der Waals surface area contributed by atoms with Crippen molar-refractivity contribution in [2.45, 2.75) is 6.92 Å². The topological polar surface area (TPSA) is 108 Å². The summed E-state index contributed by atoms with van der Waals surface area (Å²) in [7, 11) is 0. The second-order valence-corrected chi connectivity index (χ2v) is 5.02. The minimum Gasteiger partial charge on any atom is -0.273 e. The van der Waals surface area contributed by atoms with Crippen LogP contribution in [0.3, 0.4) is 0 Å². The maximum Gasteiger partial charge on any atom is 0.328 e. The first kappa shape index (κ1) is 14.6. The summed E-state index contributed by atoms with van der Waals surface area (Å²) in [5.74, 6) is -2.89. The number of hydrazone groups is 1. The van der Waals surface area contributed by atoms with Crippen LogP contribution < -0.4 is 15.6 Å². The van der Waals surface area contributed by atoms with Gasteiger partial charge in [-0.3, -0.25) is 25.0 Å². The van der Waals surface area contributed by atoms with E-state index in [1.807, 2.05) is 16.7 Å². The summed E-state index contributed by atoms with van der Waals surface area (Å²) in [4.78, 5) is 47.0. The van der Waals surface area contributed by atoms with Crippen LogP contribution in [0, 0.1) is 5.92 Å². The molecule has 8 nitrogen and oxygen atoms in total. The van der Waals surface area contributed by atoms with Crippen LogP contribution in [0.1, 0.15) is 6.92 Å². The number of hydrogen-bond acceptors (Lipinski definition) is 5. The van der Waals surface area contributed by atoms with Crippen LogP contribution in [0.25, 0.3) is 0 Å². The predicted octanol–water partition coefficient (Wildman–Crippen LogP) is 0.318. The molecular weight excluding hydrogens is 300 g/mol. The number of carbonyl (C=O) groups is 4. The number of carbonyl (C=O) groups excluding carboxylic acids is 4. The lowest BCUT2D eigenvalue weighted by Gasteiger charge is -2.16. The van der Waals surface area contributed by atoms with Crippen molar-refractivity contribution < 1.29 is 19.2 Å². The quantitative estimate of drug-likeness (QED) is 0.605. The third-order valence-corrected chi connectivity index (χ3v) is 3.46. The van der Waals surface area contributed by atoms with E-state index < -0.39 is 23.8 Å². The van der Waals surface area contributed by atoms with Crippen molar-refractivity contribution in [2.75, 3.05) is 5.01 Å². The van der Waals surface area contributed by atoms with Gasteiger partial charge in [0.05, 0.1) is 17.3 Å². The van der Waals surface area contributed by atoms with Gasteiger partial charge in [0.15, 0.2) is 0 Å². The average molecular weight is 312 g/mol. The number of nitrogens with one attached hydrogen (secondary N) is 2. The van der Waals surface area contributed by atoms with Crippen molar-refractivity contribution in [3.05, 3.63) is 42.0 Å². The zero-order valence-corrected chi connectivity index (χ0v) is 12.1. The zero-order valence-electron chi connectivity index (χ0n) is 12.1. The van der Waals surface area contributed by atoms with Crippen molar-refractivity contribution >= 4 is 35.2 Å². The number of barbiturate groups is 1. The minimum atomic E-state index is -0.883. The summed E-state index contributed by atoms with van der Waals surface area (Å²) in [5.41, 5.74) is 0.752. The van der Waals surface area contributed by atoms with Crippen molar-refractivity contribution in [3.63, 3.8) is 0 Å². The van der Waals surface area contributed by atoms with E-state index in [-0.39, 0.29) is 11.5 Å². The summed E-state index contributed by atoms with van der Waals surface area (Å²) in [6.45, 7) is 1.63. The largest absolute Gasteiger partial charge is 0.328 e. The summed E-state index contributed by atoms with van der Waals surface area (Å²) < 4.78 is 0. The van der Waals surface area contributed by atoms with Gasteiger partial charge >= 0.3 is 6.03 Å². The molecule has 0 unspecified atom stereocenters. The van der Waals surface area contributed by atoms with Crippen LogP contribution in [-0.4, -0.2) is 29.5 Å². The molecular formula is C15H12N4O4. The van der Waals surface area contributed by atoms with Gasteiger partial charge in [0, 0.05) is 0 Å². The van der Waals surface area contributed by atoms with Crippen LogP contribution in [0.5, 0.6) is 0 Å². The minimum absolute atomic E-state index is 0.285. The highest BCUT2D eigenvalue weighted by Gasteiger charge is 2.36. The van der Waals surface area contributed by atoms with E-state index in [0.29, 0.717) is 11.4 Å².